The summed E-state index contributed by atoms with van der Waals surface area (Å²) in [5.74, 6) is -0.774. The van der Waals surface area contributed by atoms with E-state index in [0.29, 0.717) is 21.8 Å². The Labute approximate surface area is 154 Å². The van der Waals surface area contributed by atoms with E-state index in [1.807, 2.05) is 38.1 Å². The van der Waals surface area contributed by atoms with Crippen LogP contribution in [0.5, 0.6) is 0 Å². The van der Waals surface area contributed by atoms with Crippen LogP contribution in [0.1, 0.15) is 18.1 Å². The first-order chi connectivity index (χ1) is 11.9. The number of aryl methyl sites for hydroxylation is 1. The Kier molecular flexibility index (Phi) is 4.97. The maximum absolute atomic E-state index is 13.4. The number of carbonyl (C=O) groups is 2. The van der Waals surface area contributed by atoms with Crippen LogP contribution in [0.3, 0.4) is 0 Å². The van der Waals surface area contributed by atoms with Gasteiger partial charge in [-0.2, -0.15) is 0 Å². The summed E-state index contributed by atoms with van der Waals surface area (Å²) in [5.41, 5.74) is 2.39. The molecule has 0 aromatic heterocycles. The van der Waals surface area contributed by atoms with Crippen molar-refractivity contribution >= 4 is 46.4 Å². The van der Waals surface area contributed by atoms with Crippen LogP contribution in [-0.2, 0) is 9.59 Å². The van der Waals surface area contributed by atoms with Gasteiger partial charge in [-0.05, 0) is 36.4 Å². The molecule has 0 N–H and O–H groups in total. The van der Waals surface area contributed by atoms with E-state index in [4.69, 9.17) is 11.6 Å². The molecule has 3 nitrogen and oxygen atoms in total. The molecule has 0 radical (unpaired) electrons. The molecule has 3 rings (SSSR count). The number of rotatable bonds is 4. The Hall–Kier alpha value is -2.11. The molecule has 1 heterocycles. The number of hydrogen-bond acceptors (Lipinski definition) is 3. The monoisotopic (exact) mass is 375 g/mol. The largest absolute Gasteiger partial charge is 0.272 e. The molecule has 0 fully saturated rings. The van der Waals surface area contributed by atoms with Crippen molar-refractivity contribution in [3.8, 4) is 0 Å². The van der Waals surface area contributed by atoms with Gasteiger partial charge in [-0.25, -0.2) is 9.29 Å². The lowest BCUT2D eigenvalue weighted by molar-refractivity contribution is -0.119. The van der Waals surface area contributed by atoms with Gasteiger partial charge in [0.15, 0.2) is 0 Å². The summed E-state index contributed by atoms with van der Waals surface area (Å²) in [7, 11) is 0. The minimum Gasteiger partial charge on any atom is -0.268 e. The van der Waals surface area contributed by atoms with Crippen LogP contribution in [0.4, 0.5) is 10.1 Å². The van der Waals surface area contributed by atoms with E-state index in [-0.39, 0.29) is 10.7 Å². The lowest BCUT2D eigenvalue weighted by Crippen LogP contribution is -2.31. The third-order valence-electron chi connectivity index (χ3n) is 3.83. The Bertz CT molecular complexity index is 893. The molecule has 2 aromatic rings. The number of amides is 2. The number of halogens is 2. The fraction of sp³-hybridized carbons (Fsp3) is 0.158. The van der Waals surface area contributed by atoms with Crippen LogP contribution in [0.15, 0.2) is 47.4 Å². The fourth-order valence-electron chi connectivity index (χ4n) is 2.62. The van der Waals surface area contributed by atoms with Gasteiger partial charge in [0, 0.05) is 0 Å². The molecule has 0 aliphatic carbocycles. The zero-order valence-electron chi connectivity index (χ0n) is 13.7. The summed E-state index contributed by atoms with van der Waals surface area (Å²) in [6.07, 6.45) is 0. The molecule has 6 heteroatoms. The lowest BCUT2D eigenvalue weighted by atomic mass is 10.0. The highest BCUT2D eigenvalue weighted by Crippen LogP contribution is 2.39. The molecule has 25 heavy (non-hydrogen) atoms. The molecule has 0 spiro atoms. The van der Waals surface area contributed by atoms with E-state index in [1.54, 1.807) is 0 Å². The molecule has 1 aliphatic rings. The highest BCUT2D eigenvalue weighted by atomic mass is 35.5. The van der Waals surface area contributed by atoms with Gasteiger partial charge in [0.25, 0.3) is 11.8 Å². The molecular formula is C19H15ClFNO2S. The van der Waals surface area contributed by atoms with Gasteiger partial charge in [0.1, 0.15) is 5.82 Å². The maximum atomic E-state index is 13.4. The van der Waals surface area contributed by atoms with Crippen LogP contribution in [-0.4, -0.2) is 17.6 Å². The summed E-state index contributed by atoms with van der Waals surface area (Å²) in [4.78, 5) is 27.3. The van der Waals surface area contributed by atoms with Gasteiger partial charge in [0.05, 0.1) is 21.2 Å². The van der Waals surface area contributed by atoms with Crippen molar-refractivity contribution in [3.05, 3.63) is 69.3 Å². The molecule has 1 aliphatic heterocycles. The molecule has 0 saturated heterocycles. The minimum absolute atomic E-state index is 0.133. The second-order valence-corrected chi connectivity index (χ2v) is 7.23. The van der Waals surface area contributed by atoms with Crippen molar-refractivity contribution < 1.29 is 14.0 Å². The van der Waals surface area contributed by atoms with Gasteiger partial charge in [-0.1, -0.05) is 48.4 Å². The predicted molar refractivity (Wildman–Crippen MR) is 100 cm³/mol. The molecule has 0 bridgehead atoms. The van der Waals surface area contributed by atoms with E-state index >= 15 is 0 Å². The zero-order chi connectivity index (χ0) is 18.1. The Morgan fingerprint density at radius 1 is 1.08 bits per heavy atom. The number of hydrogen-bond donors (Lipinski definition) is 0. The second-order valence-electron chi connectivity index (χ2n) is 5.55. The van der Waals surface area contributed by atoms with E-state index in [9.17, 15) is 14.0 Å². The first-order valence-corrected chi connectivity index (χ1v) is 9.08. The first kappa shape index (κ1) is 17.7. The molecule has 2 aromatic carbocycles. The normalized spacial score (nSPS) is 14.6. The quantitative estimate of drug-likeness (QED) is 0.718. The van der Waals surface area contributed by atoms with Crippen LogP contribution in [0.25, 0.3) is 5.57 Å². The summed E-state index contributed by atoms with van der Waals surface area (Å²) < 4.78 is 13.4. The Morgan fingerprint density at radius 3 is 2.36 bits per heavy atom. The molecule has 2 amide bonds. The average molecular weight is 376 g/mol. The van der Waals surface area contributed by atoms with E-state index in [2.05, 4.69) is 0 Å². The van der Waals surface area contributed by atoms with E-state index in [0.717, 1.165) is 16.5 Å². The van der Waals surface area contributed by atoms with Crippen LogP contribution in [0.2, 0.25) is 5.02 Å². The number of benzene rings is 2. The highest BCUT2D eigenvalue weighted by molar-refractivity contribution is 8.04. The van der Waals surface area contributed by atoms with Crippen molar-refractivity contribution in [3.63, 3.8) is 0 Å². The Balaban J connectivity index is 2.09. The molecule has 0 unspecified atom stereocenters. The topological polar surface area (TPSA) is 37.4 Å². The summed E-state index contributed by atoms with van der Waals surface area (Å²) in [5, 5.41) is -0.133. The molecule has 0 atom stereocenters. The van der Waals surface area contributed by atoms with E-state index in [1.165, 1.54) is 23.9 Å². The molecule has 128 valence electrons. The SMILES string of the molecule is CCSC1=C(c2ccc(C)cc2)C(=O)N(c2ccc(F)c(Cl)c2)C1=O. The van der Waals surface area contributed by atoms with Gasteiger partial charge in [-0.3, -0.25) is 9.59 Å². The number of nitrogens with zero attached hydrogens (tertiary/aromatic N) is 1. The van der Waals surface area contributed by atoms with Gasteiger partial charge < -0.3 is 0 Å². The number of anilines is 1. The minimum atomic E-state index is -0.598. The summed E-state index contributed by atoms with van der Waals surface area (Å²) in [6.45, 7) is 3.87. The van der Waals surface area contributed by atoms with Crippen molar-refractivity contribution in [1.29, 1.82) is 0 Å². The summed E-state index contributed by atoms with van der Waals surface area (Å²) >= 11 is 7.14. The van der Waals surface area contributed by atoms with E-state index < -0.39 is 17.6 Å². The lowest BCUT2D eigenvalue weighted by Gasteiger charge is -2.15. The van der Waals surface area contributed by atoms with Gasteiger partial charge in [0.2, 0.25) is 0 Å². The smallest absolute Gasteiger partial charge is 0.268 e. The fourth-order valence-corrected chi connectivity index (χ4v) is 3.65. The zero-order valence-corrected chi connectivity index (χ0v) is 15.2. The van der Waals surface area contributed by atoms with Gasteiger partial charge in [-0.15, -0.1) is 11.8 Å². The molecule has 0 saturated carbocycles. The van der Waals surface area contributed by atoms with Crippen molar-refractivity contribution in [2.75, 3.05) is 10.7 Å². The van der Waals surface area contributed by atoms with Crippen LogP contribution in [0, 0.1) is 12.7 Å². The second kappa shape index (κ2) is 7.02. The average Bonchev–Trinajstić information content (AvgIpc) is 2.82. The van der Waals surface area contributed by atoms with Crippen LogP contribution < -0.4 is 4.90 Å². The highest BCUT2D eigenvalue weighted by Gasteiger charge is 2.40. The number of carbonyl (C=O) groups excluding carboxylic acids is 2. The number of thioether (sulfide) groups is 1. The predicted octanol–water partition coefficient (Wildman–Crippen LogP) is 4.83. The van der Waals surface area contributed by atoms with Crippen molar-refractivity contribution in [1.82, 2.24) is 0 Å². The van der Waals surface area contributed by atoms with Crippen LogP contribution >= 0.6 is 23.4 Å². The van der Waals surface area contributed by atoms with Crippen molar-refractivity contribution in [2.24, 2.45) is 0 Å². The Morgan fingerprint density at radius 2 is 1.76 bits per heavy atom. The third kappa shape index (κ3) is 3.22. The number of imide groups is 1. The molecular weight excluding hydrogens is 361 g/mol. The maximum Gasteiger partial charge on any atom is 0.272 e. The van der Waals surface area contributed by atoms with Crippen molar-refractivity contribution in [2.45, 2.75) is 13.8 Å². The first-order valence-electron chi connectivity index (χ1n) is 7.72. The van der Waals surface area contributed by atoms with Gasteiger partial charge >= 0.3 is 0 Å². The third-order valence-corrected chi connectivity index (χ3v) is 5.08. The standard InChI is InChI=1S/C19H15ClFNO2S/c1-3-25-17-16(12-6-4-11(2)5-7-12)18(23)22(19(17)24)13-8-9-15(21)14(20)10-13/h4-10H,3H2,1-2H3. The summed E-state index contributed by atoms with van der Waals surface area (Å²) in [6, 6.07) is 11.3.